The first-order valence-corrected chi connectivity index (χ1v) is 10.5. The summed E-state index contributed by atoms with van der Waals surface area (Å²) in [6.45, 7) is 1.68. The first-order chi connectivity index (χ1) is 13.4. The van der Waals surface area contributed by atoms with Crippen LogP contribution < -0.4 is 14.2 Å². The third-order valence-electron chi connectivity index (χ3n) is 4.85. The average Bonchev–Trinajstić information content (AvgIpc) is 2.72. The molecule has 0 amide bonds. The minimum absolute atomic E-state index is 0.103. The van der Waals surface area contributed by atoms with E-state index in [-0.39, 0.29) is 16.6 Å². The molecule has 28 heavy (non-hydrogen) atoms. The van der Waals surface area contributed by atoms with Crippen LogP contribution in [0.5, 0.6) is 11.5 Å². The summed E-state index contributed by atoms with van der Waals surface area (Å²) in [5, 5.41) is 0. The highest BCUT2D eigenvalue weighted by Gasteiger charge is 2.21. The van der Waals surface area contributed by atoms with E-state index in [1.165, 1.54) is 38.5 Å². The maximum atomic E-state index is 14.1. The molecule has 0 aliphatic carbocycles. The van der Waals surface area contributed by atoms with Gasteiger partial charge in [0.15, 0.2) is 11.6 Å². The summed E-state index contributed by atoms with van der Waals surface area (Å²) in [5.74, 6) is 0.294. The first-order valence-electron chi connectivity index (χ1n) is 9.04. The smallest absolute Gasteiger partial charge is 0.240 e. The molecule has 0 unspecified atom stereocenters. The van der Waals surface area contributed by atoms with E-state index in [1.807, 2.05) is 0 Å². The van der Waals surface area contributed by atoms with Crippen molar-refractivity contribution in [1.82, 2.24) is 4.72 Å². The van der Waals surface area contributed by atoms with Crippen molar-refractivity contribution < 1.29 is 27.0 Å². The minimum atomic E-state index is -3.70. The van der Waals surface area contributed by atoms with Crippen molar-refractivity contribution in [3.63, 3.8) is 0 Å². The van der Waals surface area contributed by atoms with Crippen molar-refractivity contribution in [2.75, 3.05) is 34.0 Å². The summed E-state index contributed by atoms with van der Waals surface area (Å²) in [5.41, 5.74) is 0.981. The highest BCUT2D eigenvalue weighted by Crippen LogP contribution is 2.34. The van der Waals surface area contributed by atoms with Gasteiger partial charge in [-0.25, -0.2) is 17.5 Å². The van der Waals surface area contributed by atoms with E-state index >= 15 is 0 Å². The third-order valence-corrected chi connectivity index (χ3v) is 6.27. The van der Waals surface area contributed by atoms with Crippen LogP contribution >= 0.6 is 0 Å². The number of ether oxygens (including phenoxy) is 3. The number of nitrogens with one attached hydrogen (secondary N) is 1. The van der Waals surface area contributed by atoms with E-state index in [9.17, 15) is 12.8 Å². The molecular formula is C20H24FNO5S. The van der Waals surface area contributed by atoms with E-state index in [2.05, 4.69) is 4.72 Å². The molecular weight excluding hydrogens is 385 g/mol. The second-order valence-corrected chi connectivity index (χ2v) is 8.39. The van der Waals surface area contributed by atoms with Crippen LogP contribution in [0.4, 0.5) is 4.39 Å². The molecule has 2 aromatic carbocycles. The average molecular weight is 409 g/mol. The van der Waals surface area contributed by atoms with Crippen molar-refractivity contribution in [2.45, 2.75) is 17.7 Å². The number of hydrogen-bond acceptors (Lipinski definition) is 5. The molecule has 1 heterocycles. The molecule has 0 atom stereocenters. The van der Waals surface area contributed by atoms with Crippen LogP contribution in [-0.4, -0.2) is 42.4 Å². The minimum Gasteiger partial charge on any atom is -0.496 e. The van der Waals surface area contributed by atoms with E-state index < -0.39 is 15.8 Å². The molecule has 0 bridgehead atoms. The number of benzene rings is 2. The Bertz CT molecular complexity index is 926. The summed E-state index contributed by atoms with van der Waals surface area (Å²) < 4.78 is 57.9. The lowest BCUT2D eigenvalue weighted by molar-refractivity contribution is 0.0678. The Balaban J connectivity index is 1.88. The third kappa shape index (κ3) is 4.63. The van der Waals surface area contributed by atoms with Crippen LogP contribution in [0.15, 0.2) is 41.3 Å². The predicted octanol–water partition coefficient (Wildman–Crippen LogP) is 3.21. The van der Waals surface area contributed by atoms with Crippen molar-refractivity contribution >= 4 is 10.0 Å². The zero-order valence-electron chi connectivity index (χ0n) is 15.9. The van der Waals surface area contributed by atoms with Gasteiger partial charge in [0, 0.05) is 25.3 Å². The van der Waals surface area contributed by atoms with Gasteiger partial charge in [-0.1, -0.05) is 6.07 Å². The number of rotatable bonds is 7. The fourth-order valence-electron chi connectivity index (χ4n) is 3.18. The lowest BCUT2D eigenvalue weighted by Gasteiger charge is -2.22. The Morgan fingerprint density at radius 3 is 2.39 bits per heavy atom. The van der Waals surface area contributed by atoms with Gasteiger partial charge >= 0.3 is 0 Å². The maximum absolute atomic E-state index is 14.1. The molecule has 1 fully saturated rings. The first kappa shape index (κ1) is 20.6. The Hall–Kier alpha value is -2.16. The summed E-state index contributed by atoms with van der Waals surface area (Å²) in [6.07, 6.45) is 1.67. The van der Waals surface area contributed by atoms with Gasteiger partial charge in [0.1, 0.15) is 5.75 Å². The van der Waals surface area contributed by atoms with Crippen LogP contribution in [0.2, 0.25) is 0 Å². The van der Waals surface area contributed by atoms with E-state index in [0.717, 1.165) is 12.8 Å². The molecule has 1 aliphatic heterocycles. The van der Waals surface area contributed by atoms with Gasteiger partial charge in [0.2, 0.25) is 10.0 Å². The number of methoxy groups -OCH3 is 2. The van der Waals surface area contributed by atoms with Crippen molar-refractivity contribution in [1.29, 1.82) is 0 Å². The highest BCUT2D eigenvalue weighted by molar-refractivity contribution is 7.89. The quantitative estimate of drug-likeness (QED) is 0.760. The van der Waals surface area contributed by atoms with E-state index in [1.54, 1.807) is 12.1 Å². The number of sulfonamides is 1. The molecule has 1 N–H and O–H groups in total. The van der Waals surface area contributed by atoms with Gasteiger partial charge < -0.3 is 14.2 Å². The molecule has 152 valence electrons. The zero-order chi connectivity index (χ0) is 20.1. The molecule has 3 rings (SSSR count). The Labute approximate surface area is 164 Å². The fraction of sp³-hybridized carbons (Fsp3) is 0.400. The molecule has 1 aliphatic rings. The fourth-order valence-corrected chi connectivity index (χ4v) is 4.32. The number of hydrogen-bond donors (Lipinski definition) is 1. The van der Waals surface area contributed by atoms with Crippen molar-refractivity contribution in [2.24, 2.45) is 5.92 Å². The molecule has 8 heteroatoms. The van der Waals surface area contributed by atoms with Crippen LogP contribution in [0.3, 0.4) is 0 Å². The topological polar surface area (TPSA) is 73.9 Å². The van der Waals surface area contributed by atoms with Gasteiger partial charge in [0.25, 0.3) is 0 Å². The van der Waals surface area contributed by atoms with Crippen LogP contribution in [0.25, 0.3) is 11.1 Å². The summed E-state index contributed by atoms with van der Waals surface area (Å²) in [7, 11) is -0.836. The Kier molecular flexibility index (Phi) is 6.53. The largest absolute Gasteiger partial charge is 0.496 e. The van der Waals surface area contributed by atoms with Crippen LogP contribution in [-0.2, 0) is 14.8 Å². The maximum Gasteiger partial charge on any atom is 0.240 e. The highest BCUT2D eigenvalue weighted by atomic mass is 32.2. The lowest BCUT2D eigenvalue weighted by Crippen LogP contribution is -2.32. The van der Waals surface area contributed by atoms with Gasteiger partial charge in [-0.15, -0.1) is 0 Å². The predicted molar refractivity (Wildman–Crippen MR) is 104 cm³/mol. The zero-order valence-corrected chi connectivity index (χ0v) is 16.7. The number of halogens is 1. The van der Waals surface area contributed by atoms with Crippen molar-refractivity contribution in [3.05, 3.63) is 42.2 Å². The van der Waals surface area contributed by atoms with Gasteiger partial charge in [-0.2, -0.15) is 0 Å². The Morgan fingerprint density at radius 1 is 1.07 bits per heavy atom. The van der Waals surface area contributed by atoms with Gasteiger partial charge in [0.05, 0.1) is 19.1 Å². The summed E-state index contributed by atoms with van der Waals surface area (Å²) >= 11 is 0. The lowest BCUT2D eigenvalue weighted by atomic mass is 10.0. The van der Waals surface area contributed by atoms with Crippen LogP contribution in [0.1, 0.15) is 12.8 Å². The monoisotopic (exact) mass is 409 g/mol. The molecule has 1 saturated heterocycles. The molecule has 0 spiro atoms. The molecule has 0 aromatic heterocycles. The second kappa shape index (κ2) is 8.89. The van der Waals surface area contributed by atoms with Gasteiger partial charge in [-0.05, 0) is 54.7 Å². The Morgan fingerprint density at radius 2 is 1.75 bits per heavy atom. The summed E-state index contributed by atoms with van der Waals surface area (Å²) in [4.78, 5) is 0.103. The molecule has 0 radical (unpaired) electrons. The van der Waals surface area contributed by atoms with E-state index in [4.69, 9.17) is 14.2 Å². The normalized spacial score (nSPS) is 15.4. The van der Waals surface area contributed by atoms with Crippen molar-refractivity contribution in [3.8, 4) is 22.6 Å². The molecule has 6 nitrogen and oxygen atoms in total. The SMILES string of the molecule is COc1ccc(-c2cc(S(=O)(=O)NCC3CCOCC3)ccc2OC)cc1F. The molecule has 2 aromatic rings. The van der Waals surface area contributed by atoms with Crippen LogP contribution in [0, 0.1) is 11.7 Å². The van der Waals surface area contributed by atoms with Gasteiger partial charge in [-0.3, -0.25) is 0 Å². The standard InChI is InChI=1S/C20H24FNO5S/c1-25-19-6-4-16(28(23,24)22-13-14-7-9-27-10-8-14)12-17(19)15-3-5-20(26-2)18(21)11-15/h3-6,11-12,14,22H,7-10,13H2,1-2H3. The second-order valence-electron chi connectivity index (χ2n) is 6.62. The van der Waals surface area contributed by atoms with E-state index in [0.29, 0.717) is 36.6 Å². The molecule has 0 saturated carbocycles. The summed E-state index contributed by atoms with van der Waals surface area (Å²) in [6, 6.07) is 8.99.